The molecular weight excluding hydrogens is 388 g/mol. The maximum atomic E-state index is 5.80. The Morgan fingerprint density at radius 2 is 1.81 bits per heavy atom. The number of rotatable bonds is 4. The maximum absolute atomic E-state index is 5.80. The van der Waals surface area contributed by atoms with Crippen LogP contribution in [0.25, 0.3) is 33.1 Å². The molecule has 6 heteroatoms. The van der Waals surface area contributed by atoms with Crippen LogP contribution < -0.4 is 4.74 Å². The van der Waals surface area contributed by atoms with E-state index in [9.17, 15) is 0 Å². The highest BCUT2D eigenvalue weighted by atomic mass is 16.5. The van der Waals surface area contributed by atoms with Crippen LogP contribution in [-0.2, 0) is 0 Å². The highest BCUT2D eigenvalue weighted by Gasteiger charge is 2.21. The highest BCUT2D eigenvalue weighted by molar-refractivity contribution is 6.05. The van der Waals surface area contributed by atoms with Crippen molar-refractivity contribution in [2.24, 2.45) is 0 Å². The first-order chi connectivity index (χ1) is 15.0. The van der Waals surface area contributed by atoms with Gasteiger partial charge in [0.25, 0.3) is 0 Å². The van der Waals surface area contributed by atoms with Crippen molar-refractivity contribution >= 4 is 21.9 Å². The van der Waals surface area contributed by atoms with Gasteiger partial charge in [-0.1, -0.05) is 35.5 Å². The summed E-state index contributed by atoms with van der Waals surface area (Å²) in [5.41, 5.74) is 6.75. The van der Waals surface area contributed by atoms with Crippen molar-refractivity contribution in [3.05, 3.63) is 71.5 Å². The van der Waals surface area contributed by atoms with E-state index < -0.39 is 0 Å². The van der Waals surface area contributed by atoms with E-state index in [0.717, 1.165) is 56.1 Å². The monoisotopic (exact) mass is 412 g/mol. The van der Waals surface area contributed by atoms with Gasteiger partial charge in [-0.05, 0) is 45.4 Å². The van der Waals surface area contributed by atoms with Crippen LogP contribution in [0.15, 0.2) is 53.2 Å². The number of imidazole rings is 1. The third-order valence-electron chi connectivity index (χ3n) is 5.99. The highest BCUT2D eigenvalue weighted by Crippen LogP contribution is 2.39. The molecule has 3 heterocycles. The summed E-state index contributed by atoms with van der Waals surface area (Å²) in [7, 11) is 1.69. The Hall–Kier alpha value is -3.67. The summed E-state index contributed by atoms with van der Waals surface area (Å²) in [4.78, 5) is 9.52. The van der Waals surface area contributed by atoms with Crippen molar-refractivity contribution in [3.8, 4) is 16.9 Å². The Balaban J connectivity index is 1.81. The summed E-state index contributed by atoms with van der Waals surface area (Å²) in [6.45, 7) is 8.09. The van der Waals surface area contributed by atoms with Gasteiger partial charge in [-0.25, -0.2) is 4.98 Å². The van der Waals surface area contributed by atoms with E-state index in [1.165, 1.54) is 5.56 Å². The summed E-state index contributed by atoms with van der Waals surface area (Å²) in [5, 5.41) is 5.11. The van der Waals surface area contributed by atoms with Crippen LogP contribution in [0, 0.1) is 20.8 Å². The minimum atomic E-state index is 0.130. The molecule has 0 radical (unpaired) electrons. The van der Waals surface area contributed by atoms with Gasteiger partial charge in [-0.3, -0.25) is 4.98 Å². The van der Waals surface area contributed by atoms with Gasteiger partial charge in [0.15, 0.2) is 0 Å². The molecule has 5 aromatic rings. The van der Waals surface area contributed by atoms with Crippen LogP contribution >= 0.6 is 0 Å². The molecule has 0 unspecified atom stereocenters. The predicted octanol–water partition coefficient (Wildman–Crippen LogP) is 5.78. The summed E-state index contributed by atoms with van der Waals surface area (Å²) in [6, 6.07) is 14.7. The fourth-order valence-electron chi connectivity index (χ4n) is 4.51. The molecule has 0 N–H and O–H groups in total. The summed E-state index contributed by atoms with van der Waals surface area (Å²) >= 11 is 0. The van der Waals surface area contributed by atoms with Gasteiger partial charge in [0.2, 0.25) is 0 Å². The number of benzene rings is 2. The minimum absolute atomic E-state index is 0.130. The fourth-order valence-corrected chi connectivity index (χ4v) is 4.51. The van der Waals surface area contributed by atoms with Crippen molar-refractivity contribution in [3.63, 3.8) is 0 Å². The van der Waals surface area contributed by atoms with E-state index in [0.29, 0.717) is 0 Å². The molecule has 0 amide bonds. The summed E-state index contributed by atoms with van der Waals surface area (Å²) in [6.07, 6.45) is 1.85. The second kappa shape index (κ2) is 7.23. The average Bonchev–Trinajstić information content (AvgIpc) is 3.30. The molecule has 31 heavy (non-hydrogen) atoms. The van der Waals surface area contributed by atoms with Crippen LogP contribution in [0.4, 0.5) is 0 Å². The second-order valence-corrected chi connectivity index (χ2v) is 7.88. The van der Waals surface area contributed by atoms with Crippen LogP contribution in [0.5, 0.6) is 5.75 Å². The molecule has 0 aliphatic heterocycles. The predicted molar refractivity (Wildman–Crippen MR) is 122 cm³/mol. The van der Waals surface area contributed by atoms with E-state index in [4.69, 9.17) is 19.2 Å². The Labute approximate surface area is 180 Å². The van der Waals surface area contributed by atoms with Gasteiger partial charge in [0, 0.05) is 10.9 Å². The molecule has 1 atom stereocenters. The standard InChI is InChI=1S/C25H24N4O2/c1-14-24(16(3)31-28-14)20-11-21-19(12-23(20)30-5)25-22(13-26-21)27-17(4)29(25)15(2)18-9-7-6-8-10-18/h6-13,15H,1-5H3/t15-/m0/s1. The molecular formula is C25H24N4O2. The van der Waals surface area contributed by atoms with E-state index >= 15 is 0 Å². The van der Waals surface area contributed by atoms with E-state index in [1.807, 2.05) is 33.0 Å². The Morgan fingerprint density at radius 3 is 2.48 bits per heavy atom. The lowest BCUT2D eigenvalue weighted by molar-refractivity contribution is 0.393. The molecule has 6 nitrogen and oxygen atoms in total. The van der Waals surface area contributed by atoms with Crippen LogP contribution in [0.1, 0.15) is 35.8 Å². The quantitative estimate of drug-likeness (QED) is 0.374. The molecule has 3 aromatic heterocycles. The first-order valence-electron chi connectivity index (χ1n) is 10.3. The molecule has 0 aliphatic rings. The summed E-state index contributed by atoms with van der Waals surface area (Å²) in [5.74, 6) is 2.47. The first kappa shape index (κ1) is 19.3. The molecule has 0 spiro atoms. The third kappa shape index (κ3) is 2.98. The number of aromatic nitrogens is 4. The first-order valence-corrected chi connectivity index (χ1v) is 10.3. The second-order valence-electron chi connectivity index (χ2n) is 7.88. The zero-order valence-corrected chi connectivity index (χ0v) is 18.3. The Morgan fingerprint density at radius 1 is 1.03 bits per heavy atom. The smallest absolute Gasteiger partial charge is 0.141 e. The van der Waals surface area contributed by atoms with Gasteiger partial charge in [-0.15, -0.1) is 0 Å². The minimum Gasteiger partial charge on any atom is -0.496 e. The number of fused-ring (bicyclic) bond motifs is 3. The van der Waals surface area contributed by atoms with Crippen molar-refractivity contribution < 1.29 is 9.26 Å². The number of pyridine rings is 1. The van der Waals surface area contributed by atoms with Crippen LogP contribution in [0.3, 0.4) is 0 Å². The molecule has 156 valence electrons. The van der Waals surface area contributed by atoms with Gasteiger partial charge < -0.3 is 13.8 Å². The average molecular weight is 412 g/mol. The topological polar surface area (TPSA) is 66.0 Å². The molecule has 0 saturated heterocycles. The Kier molecular flexibility index (Phi) is 4.50. The molecule has 2 aromatic carbocycles. The number of methoxy groups -OCH3 is 1. The van der Waals surface area contributed by atoms with Crippen molar-refractivity contribution in [1.29, 1.82) is 0 Å². The molecule has 0 bridgehead atoms. The molecule has 5 rings (SSSR count). The van der Waals surface area contributed by atoms with Gasteiger partial charge in [0.1, 0.15) is 22.9 Å². The van der Waals surface area contributed by atoms with Crippen molar-refractivity contribution in [2.75, 3.05) is 7.11 Å². The molecule has 0 fully saturated rings. The van der Waals surface area contributed by atoms with E-state index in [1.54, 1.807) is 7.11 Å². The lowest BCUT2D eigenvalue weighted by Crippen LogP contribution is -2.08. The number of ether oxygens (including phenoxy) is 1. The third-order valence-corrected chi connectivity index (χ3v) is 5.99. The summed E-state index contributed by atoms with van der Waals surface area (Å²) < 4.78 is 13.5. The van der Waals surface area contributed by atoms with Crippen LogP contribution in [-0.4, -0.2) is 26.8 Å². The number of hydrogen-bond acceptors (Lipinski definition) is 5. The normalized spacial score (nSPS) is 12.5. The number of hydrogen-bond donors (Lipinski definition) is 0. The fraction of sp³-hybridized carbons (Fsp3) is 0.240. The van der Waals surface area contributed by atoms with Crippen molar-refractivity contribution in [2.45, 2.75) is 33.7 Å². The molecule has 0 aliphatic carbocycles. The van der Waals surface area contributed by atoms with E-state index in [2.05, 4.69) is 53.0 Å². The number of nitrogens with zero attached hydrogens (tertiary/aromatic N) is 4. The zero-order valence-electron chi connectivity index (χ0n) is 18.3. The van der Waals surface area contributed by atoms with E-state index in [-0.39, 0.29) is 6.04 Å². The zero-order chi connectivity index (χ0) is 21.7. The van der Waals surface area contributed by atoms with Gasteiger partial charge in [0.05, 0.1) is 41.6 Å². The SMILES string of the molecule is COc1cc2c(cc1-c1c(C)noc1C)ncc1nc(C)n([C@@H](C)c3ccccc3)c12. The lowest BCUT2D eigenvalue weighted by atomic mass is 10.00. The van der Waals surface area contributed by atoms with Gasteiger partial charge in [-0.2, -0.15) is 0 Å². The maximum Gasteiger partial charge on any atom is 0.141 e. The molecule has 0 saturated carbocycles. The largest absolute Gasteiger partial charge is 0.496 e. The van der Waals surface area contributed by atoms with Crippen molar-refractivity contribution in [1.82, 2.24) is 19.7 Å². The lowest BCUT2D eigenvalue weighted by Gasteiger charge is -2.18. The Bertz CT molecular complexity index is 1400. The van der Waals surface area contributed by atoms with Gasteiger partial charge >= 0.3 is 0 Å². The number of aryl methyl sites for hydroxylation is 3. The van der Waals surface area contributed by atoms with Crippen LogP contribution in [0.2, 0.25) is 0 Å².